The summed E-state index contributed by atoms with van der Waals surface area (Å²) in [5.74, 6) is 0.936. The first-order valence-electron chi connectivity index (χ1n) is 5.30. The number of hydrogen-bond acceptors (Lipinski definition) is 4. The first kappa shape index (κ1) is 13.3. The Balaban J connectivity index is 2.32. The van der Waals surface area contributed by atoms with Crippen molar-refractivity contribution in [3.05, 3.63) is 0 Å². The second-order valence-electron chi connectivity index (χ2n) is 4.09. The maximum atomic E-state index is 11.6. The summed E-state index contributed by atoms with van der Waals surface area (Å²) < 4.78 is 0. The molecule has 0 bridgehead atoms. The molecule has 0 radical (unpaired) electrons. The summed E-state index contributed by atoms with van der Waals surface area (Å²) in [7, 11) is 0. The molecule has 6 heteroatoms. The predicted molar refractivity (Wildman–Crippen MR) is 62.9 cm³/mol. The molecule has 1 fully saturated rings. The number of thioether (sulfide) groups is 1. The van der Waals surface area contributed by atoms with Gasteiger partial charge in [0, 0.05) is 12.6 Å². The third kappa shape index (κ3) is 3.68. The molecule has 0 aromatic rings. The molecule has 0 aromatic carbocycles. The van der Waals surface area contributed by atoms with E-state index in [1.54, 1.807) is 0 Å². The van der Waals surface area contributed by atoms with Gasteiger partial charge in [0.2, 0.25) is 11.8 Å². The van der Waals surface area contributed by atoms with Gasteiger partial charge in [-0.05, 0) is 12.8 Å². The number of rotatable bonds is 5. The summed E-state index contributed by atoms with van der Waals surface area (Å²) in [6.07, 6.45) is 0. The van der Waals surface area contributed by atoms with Gasteiger partial charge in [0.1, 0.15) is 6.54 Å². The summed E-state index contributed by atoms with van der Waals surface area (Å²) in [5, 5.41) is 11.7. The number of nitrogens with zero attached hydrogens (tertiary/aromatic N) is 1. The minimum absolute atomic E-state index is 0.0167. The normalized spacial score (nSPS) is 19.7. The van der Waals surface area contributed by atoms with Gasteiger partial charge in [-0.15, -0.1) is 11.8 Å². The molecule has 1 aliphatic rings. The molecule has 5 nitrogen and oxygen atoms in total. The Morgan fingerprint density at radius 3 is 2.81 bits per heavy atom. The van der Waals surface area contributed by atoms with Crippen molar-refractivity contribution in [2.24, 2.45) is 5.92 Å². The number of aliphatic hydroxyl groups excluding tert-OH is 1. The molecule has 2 N–H and O–H groups in total. The van der Waals surface area contributed by atoms with Crippen LogP contribution in [0.2, 0.25) is 0 Å². The second-order valence-corrected chi connectivity index (χ2v) is 5.04. The lowest BCUT2D eigenvalue weighted by Gasteiger charge is -2.21. The zero-order valence-electron chi connectivity index (χ0n) is 9.60. The molecule has 0 saturated carbocycles. The van der Waals surface area contributed by atoms with Gasteiger partial charge >= 0.3 is 0 Å². The molecule has 1 rings (SSSR count). The Kier molecular flexibility index (Phi) is 5.08. The molecule has 16 heavy (non-hydrogen) atoms. The summed E-state index contributed by atoms with van der Waals surface area (Å²) in [4.78, 5) is 24.4. The van der Waals surface area contributed by atoms with Crippen LogP contribution in [0.1, 0.15) is 13.8 Å². The average molecular weight is 246 g/mol. The number of amides is 2. The van der Waals surface area contributed by atoms with Crippen molar-refractivity contribution in [3.63, 3.8) is 0 Å². The Bertz CT molecular complexity index is 273. The van der Waals surface area contributed by atoms with Gasteiger partial charge in [-0.1, -0.05) is 6.92 Å². The summed E-state index contributed by atoms with van der Waals surface area (Å²) in [5.41, 5.74) is 0. The van der Waals surface area contributed by atoms with Gasteiger partial charge in [0.05, 0.1) is 11.6 Å². The minimum Gasteiger partial charge on any atom is -0.396 e. The summed E-state index contributed by atoms with van der Waals surface area (Å²) >= 11 is 1.52. The zero-order chi connectivity index (χ0) is 12.1. The van der Waals surface area contributed by atoms with Crippen LogP contribution in [0.15, 0.2) is 0 Å². The molecule has 0 spiro atoms. The van der Waals surface area contributed by atoms with Gasteiger partial charge in [-0.25, -0.2) is 0 Å². The van der Waals surface area contributed by atoms with Crippen LogP contribution >= 0.6 is 11.8 Å². The van der Waals surface area contributed by atoms with E-state index in [0.717, 1.165) is 0 Å². The predicted octanol–water partition coefficient (Wildman–Crippen LogP) is -0.348. The molecular weight excluding hydrogens is 228 g/mol. The fourth-order valence-electron chi connectivity index (χ4n) is 1.31. The first-order valence-corrected chi connectivity index (χ1v) is 6.45. The molecule has 2 unspecified atom stereocenters. The molecule has 0 aliphatic carbocycles. The fourth-order valence-corrected chi connectivity index (χ4v) is 2.22. The Hall–Kier alpha value is -0.750. The topological polar surface area (TPSA) is 69.6 Å². The molecule has 2 atom stereocenters. The third-order valence-corrected chi connectivity index (χ3v) is 3.64. The van der Waals surface area contributed by atoms with Crippen LogP contribution in [0, 0.1) is 5.92 Å². The smallest absolute Gasteiger partial charge is 0.239 e. The lowest BCUT2D eigenvalue weighted by Crippen LogP contribution is -2.44. The maximum absolute atomic E-state index is 11.6. The van der Waals surface area contributed by atoms with E-state index in [1.165, 1.54) is 16.7 Å². The van der Waals surface area contributed by atoms with Crippen molar-refractivity contribution >= 4 is 23.6 Å². The summed E-state index contributed by atoms with van der Waals surface area (Å²) in [6, 6.07) is -0.0807. The molecule has 92 valence electrons. The van der Waals surface area contributed by atoms with E-state index in [0.29, 0.717) is 11.6 Å². The van der Waals surface area contributed by atoms with Gasteiger partial charge in [-0.3, -0.25) is 9.59 Å². The minimum atomic E-state index is -0.163. The van der Waals surface area contributed by atoms with Crippen LogP contribution in [-0.2, 0) is 9.59 Å². The van der Waals surface area contributed by atoms with Crippen LogP contribution in [0.3, 0.4) is 0 Å². The third-order valence-electron chi connectivity index (χ3n) is 2.69. The Morgan fingerprint density at radius 1 is 1.62 bits per heavy atom. The maximum Gasteiger partial charge on any atom is 0.239 e. The quantitative estimate of drug-likeness (QED) is 0.696. The standard InChI is InChI=1S/C10H18N2O3S/c1-7(4-13)8(2)11-9(14)3-12-6-16-5-10(12)15/h7-8,13H,3-6H2,1-2H3,(H,11,14). The van der Waals surface area contributed by atoms with Crippen LogP contribution in [-0.4, -0.2) is 52.6 Å². The van der Waals surface area contributed by atoms with Crippen molar-refractivity contribution in [1.29, 1.82) is 0 Å². The van der Waals surface area contributed by atoms with Gasteiger partial charge < -0.3 is 15.3 Å². The Morgan fingerprint density at radius 2 is 2.31 bits per heavy atom. The van der Waals surface area contributed by atoms with E-state index < -0.39 is 0 Å². The molecule has 2 amide bonds. The molecule has 1 heterocycles. The SMILES string of the molecule is CC(CO)C(C)NC(=O)CN1CSCC1=O. The zero-order valence-corrected chi connectivity index (χ0v) is 10.4. The van der Waals surface area contributed by atoms with E-state index in [-0.39, 0.29) is 36.9 Å². The van der Waals surface area contributed by atoms with Crippen molar-refractivity contribution < 1.29 is 14.7 Å². The van der Waals surface area contributed by atoms with Crippen LogP contribution in [0.4, 0.5) is 0 Å². The highest BCUT2D eigenvalue weighted by molar-refractivity contribution is 8.00. The van der Waals surface area contributed by atoms with Gasteiger partial charge in [0.15, 0.2) is 0 Å². The van der Waals surface area contributed by atoms with Crippen molar-refractivity contribution in [2.45, 2.75) is 19.9 Å². The molecule has 0 aromatic heterocycles. The van der Waals surface area contributed by atoms with E-state index in [4.69, 9.17) is 5.11 Å². The van der Waals surface area contributed by atoms with Crippen LogP contribution in [0.25, 0.3) is 0 Å². The number of hydrogen-bond donors (Lipinski definition) is 2. The average Bonchev–Trinajstić information content (AvgIpc) is 2.63. The van der Waals surface area contributed by atoms with E-state index in [9.17, 15) is 9.59 Å². The van der Waals surface area contributed by atoms with Crippen molar-refractivity contribution in [2.75, 3.05) is 24.8 Å². The second kappa shape index (κ2) is 6.10. The monoisotopic (exact) mass is 246 g/mol. The number of aliphatic hydroxyl groups is 1. The lowest BCUT2D eigenvalue weighted by atomic mass is 10.1. The van der Waals surface area contributed by atoms with Crippen molar-refractivity contribution in [3.8, 4) is 0 Å². The molecular formula is C10H18N2O3S. The highest BCUT2D eigenvalue weighted by atomic mass is 32.2. The fraction of sp³-hybridized carbons (Fsp3) is 0.800. The van der Waals surface area contributed by atoms with E-state index in [1.807, 2.05) is 13.8 Å². The van der Waals surface area contributed by atoms with Crippen molar-refractivity contribution in [1.82, 2.24) is 10.2 Å². The lowest BCUT2D eigenvalue weighted by molar-refractivity contribution is -0.132. The van der Waals surface area contributed by atoms with Crippen LogP contribution < -0.4 is 5.32 Å². The Labute approximate surface area is 99.6 Å². The number of nitrogens with one attached hydrogen (secondary N) is 1. The molecule has 1 saturated heterocycles. The number of carbonyl (C=O) groups is 2. The largest absolute Gasteiger partial charge is 0.396 e. The number of carbonyl (C=O) groups excluding carboxylic acids is 2. The summed E-state index contributed by atoms with van der Waals surface area (Å²) in [6.45, 7) is 3.87. The highest BCUT2D eigenvalue weighted by Crippen LogP contribution is 2.14. The van der Waals surface area contributed by atoms with E-state index >= 15 is 0 Å². The van der Waals surface area contributed by atoms with Gasteiger partial charge in [0.25, 0.3) is 0 Å². The van der Waals surface area contributed by atoms with Crippen LogP contribution in [0.5, 0.6) is 0 Å². The van der Waals surface area contributed by atoms with E-state index in [2.05, 4.69) is 5.32 Å². The first-order chi connectivity index (χ1) is 7.54. The molecule has 1 aliphatic heterocycles. The highest BCUT2D eigenvalue weighted by Gasteiger charge is 2.23. The van der Waals surface area contributed by atoms with Gasteiger partial charge in [-0.2, -0.15) is 0 Å².